The number of carbonyl (C=O) groups excluding carboxylic acids is 4. The van der Waals surface area contributed by atoms with Crippen LogP contribution in [0.3, 0.4) is 0 Å². The summed E-state index contributed by atoms with van der Waals surface area (Å²) in [6, 6.07) is 1.94. The van der Waals surface area contributed by atoms with E-state index in [2.05, 4.69) is 5.32 Å². The van der Waals surface area contributed by atoms with Crippen molar-refractivity contribution >= 4 is 23.7 Å². The minimum absolute atomic E-state index is 0.0613. The van der Waals surface area contributed by atoms with Gasteiger partial charge in [-0.05, 0) is 26.8 Å². The number of ether oxygens (including phenoxy) is 3. The third-order valence-corrected chi connectivity index (χ3v) is 4.35. The van der Waals surface area contributed by atoms with Crippen molar-refractivity contribution in [2.45, 2.75) is 33.4 Å². The number of hydrogen-bond donors (Lipinski definition) is 1. The summed E-state index contributed by atoms with van der Waals surface area (Å²) in [4.78, 5) is 51.9. The molecule has 0 saturated carbocycles. The van der Waals surface area contributed by atoms with Crippen molar-refractivity contribution in [1.29, 1.82) is 0 Å². The van der Waals surface area contributed by atoms with E-state index in [1.807, 2.05) is 0 Å². The van der Waals surface area contributed by atoms with Gasteiger partial charge >= 0.3 is 17.9 Å². The van der Waals surface area contributed by atoms with E-state index in [-0.39, 0.29) is 37.5 Å². The van der Waals surface area contributed by atoms with Gasteiger partial charge in [0.25, 0.3) is 5.41 Å². The molecular weight excluding hydrogens is 373 g/mol. The minimum Gasteiger partial charge on any atom is -0.465 e. The Kier molecular flexibility index (Phi) is 6.85. The number of halogens is 1. The van der Waals surface area contributed by atoms with Gasteiger partial charge in [0, 0.05) is 17.7 Å². The van der Waals surface area contributed by atoms with Gasteiger partial charge in [0.05, 0.1) is 19.8 Å². The Morgan fingerprint density at radius 1 is 1.07 bits per heavy atom. The number of benzene rings is 1. The van der Waals surface area contributed by atoms with Crippen LogP contribution in [0.2, 0.25) is 0 Å². The molecule has 28 heavy (non-hydrogen) atoms. The van der Waals surface area contributed by atoms with E-state index in [9.17, 15) is 23.6 Å². The zero-order valence-electron chi connectivity index (χ0n) is 15.9. The number of hydrogen-bond acceptors (Lipinski definition) is 8. The lowest BCUT2D eigenvalue weighted by Crippen LogP contribution is -2.63. The number of rotatable bonds is 6. The van der Waals surface area contributed by atoms with Crippen LogP contribution in [0.25, 0.3) is 0 Å². The number of carbonyl (C=O) groups is 4. The molecule has 0 saturated heterocycles. The minimum atomic E-state index is -2.70. The van der Waals surface area contributed by atoms with Crippen molar-refractivity contribution in [2.75, 3.05) is 19.8 Å². The van der Waals surface area contributed by atoms with Crippen LogP contribution in [0.5, 0.6) is 0 Å². The van der Waals surface area contributed by atoms with Crippen LogP contribution >= 0.6 is 0 Å². The molecule has 1 atom stereocenters. The van der Waals surface area contributed by atoms with Crippen LogP contribution in [-0.2, 0) is 35.1 Å². The van der Waals surface area contributed by atoms with E-state index in [0.717, 1.165) is 6.07 Å². The third-order valence-electron chi connectivity index (χ3n) is 4.35. The van der Waals surface area contributed by atoms with E-state index < -0.39 is 41.0 Å². The first-order chi connectivity index (χ1) is 13.4. The highest BCUT2D eigenvalue weighted by Crippen LogP contribution is 2.36. The van der Waals surface area contributed by atoms with Crippen molar-refractivity contribution in [3.63, 3.8) is 0 Å². The van der Waals surface area contributed by atoms with E-state index in [4.69, 9.17) is 14.2 Å². The molecule has 0 fully saturated rings. The van der Waals surface area contributed by atoms with Crippen molar-refractivity contribution in [3.05, 3.63) is 35.1 Å². The third kappa shape index (κ3) is 3.49. The Morgan fingerprint density at radius 2 is 1.64 bits per heavy atom. The molecular formula is C19H22FNO7. The topological polar surface area (TPSA) is 108 Å². The smallest absolute Gasteiger partial charge is 0.333 e. The lowest BCUT2D eigenvalue weighted by molar-refractivity contribution is -0.175. The number of Topliss-reactive ketones (excluding diaryl/α,β-unsaturated/α-hetero) is 1. The summed E-state index contributed by atoms with van der Waals surface area (Å²) in [6.07, 6.45) is 0. The van der Waals surface area contributed by atoms with Crippen LogP contribution < -0.4 is 5.32 Å². The average Bonchev–Trinajstić information content (AvgIpc) is 2.79. The molecule has 8 nitrogen and oxygen atoms in total. The Morgan fingerprint density at radius 3 is 2.18 bits per heavy atom. The number of ketones is 1. The predicted octanol–water partition coefficient (Wildman–Crippen LogP) is 1.16. The van der Waals surface area contributed by atoms with Crippen LogP contribution in [0.15, 0.2) is 18.2 Å². The van der Waals surface area contributed by atoms with E-state index in [0.29, 0.717) is 0 Å². The SMILES string of the molecule is CCOC(=O)C1NCc2c(F)cccc2C(=O)C1(C(=O)OCC)C(=O)OCC. The first kappa shape index (κ1) is 21.5. The average molecular weight is 395 g/mol. The molecule has 0 radical (unpaired) electrons. The molecule has 1 N–H and O–H groups in total. The molecule has 0 aromatic heterocycles. The van der Waals surface area contributed by atoms with Crippen LogP contribution in [-0.4, -0.2) is 49.6 Å². The number of esters is 3. The van der Waals surface area contributed by atoms with Gasteiger partial charge in [0.1, 0.15) is 11.9 Å². The van der Waals surface area contributed by atoms with Gasteiger partial charge in [-0.2, -0.15) is 0 Å². The summed E-state index contributed by atoms with van der Waals surface area (Å²) in [6.45, 7) is 3.85. The number of fused-ring (bicyclic) bond motifs is 1. The Balaban J connectivity index is 2.79. The van der Waals surface area contributed by atoms with Gasteiger partial charge in [-0.25, -0.2) is 4.39 Å². The second-order valence-corrected chi connectivity index (χ2v) is 5.91. The summed E-state index contributed by atoms with van der Waals surface area (Å²) >= 11 is 0. The first-order valence-electron chi connectivity index (χ1n) is 8.92. The Bertz CT molecular complexity index is 774. The fourth-order valence-electron chi connectivity index (χ4n) is 3.13. The lowest BCUT2D eigenvalue weighted by Gasteiger charge is -2.32. The molecule has 0 aliphatic carbocycles. The quantitative estimate of drug-likeness (QED) is 0.434. The molecule has 1 aliphatic rings. The molecule has 0 spiro atoms. The van der Waals surface area contributed by atoms with Crippen molar-refractivity contribution < 1.29 is 37.8 Å². The molecule has 1 unspecified atom stereocenters. The standard InChI is InChI=1S/C19H22FNO7/c1-4-26-16(23)14-19(17(24)27-5-2,18(25)28-6-3)15(22)11-8-7-9-13(20)12(11)10-21-14/h7-9,14,21H,4-6,10H2,1-3H3. The molecule has 2 rings (SSSR count). The molecule has 0 bridgehead atoms. The van der Waals surface area contributed by atoms with Gasteiger partial charge < -0.3 is 14.2 Å². The second kappa shape index (κ2) is 8.92. The van der Waals surface area contributed by atoms with Gasteiger partial charge in [0.2, 0.25) is 0 Å². The van der Waals surface area contributed by atoms with Crippen molar-refractivity contribution in [1.82, 2.24) is 5.32 Å². The summed E-state index contributed by atoms with van der Waals surface area (Å²) in [5, 5.41) is 2.63. The number of nitrogens with one attached hydrogen (secondary N) is 1. The fraction of sp³-hybridized carbons (Fsp3) is 0.474. The highest BCUT2D eigenvalue weighted by atomic mass is 19.1. The normalized spacial score (nSPS) is 17.9. The fourth-order valence-corrected chi connectivity index (χ4v) is 3.13. The lowest BCUT2D eigenvalue weighted by atomic mass is 9.74. The molecule has 1 aromatic rings. The van der Waals surface area contributed by atoms with Crippen LogP contribution in [0.1, 0.15) is 36.7 Å². The zero-order valence-corrected chi connectivity index (χ0v) is 15.9. The second-order valence-electron chi connectivity index (χ2n) is 5.91. The van der Waals surface area contributed by atoms with E-state index >= 15 is 0 Å². The summed E-state index contributed by atoms with van der Waals surface area (Å²) in [7, 11) is 0. The van der Waals surface area contributed by atoms with E-state index in [1.165, 1.54) is 32.9 Å². The summed E-state index contributed by atoms with van der Waals surface area (Å²) in [5.74, 6) is -5.35. The summed E-state index contributed by atoms with van der Waals surface area (Å²) in [5.41, 5.74) is -2.98. The monoisotopic (exact) mass is 395 g/mol. The molecule has 152 valence electrons. The van der Waals surface area contributed by atoms with Gasteiger partial charge in [-0.15, -0.1) is 0 Å². The zero-order chi connectivity index (χ0) is 20.9. The Labute approximate surface area is 161 Å². The molecule has 9 heteroatoms. The van der Waals surface area contributed by atoms with Gasteiger partial charge in [0.15, 0.2) is 5.78 Å². The maximum atomic E-state index is 14.3. The molecule has 0 amide bonds. The maximum absolute atomic E-state index is 14.3. The van der Waals surface area contributed by atoms with Crippen LogP contribution in [0, 0.1) is 11.2 Å². The Hall–Kier alpha value is -2.81. The molecule has 1 aliphatic heterocycles. The highest BCUT2D eigenvalue weighted by Gasteiger charge is 2.65. The molecule has 1 aromatic carbocycles. The highest BCUT2D eigenvalue weighted by molar-refractivity contribution is 6.28. The largest absolute Gasteiger partial charge is 0.465 e. The van der Waals surface area contributed by atoms with Gasteiger partial charge in [-0.3, -0.25) is 24.5 Å². The first-order valence-corrected chi connectivity index (χ1v) is 8.92. The molecule has 1 heterocycles. The summed E-state index contributed by atoms with van der Waals surface area (Å²) < 4.78 is 29.2. The van der Waals surface area contributed by atoms with Crippen molar-refractivity contribution in [2.24, 2.45) is 5.41 Å². The van der Waals surface area contributed by atoms with Gasteiger partial charge in [-0.1, -0.05) is 12.1 Å². The van der Waals surface area contributed by atoms with E-state index in [1.54, 1.807) is 0 Å². The maximum Gasteiger partial charge on any atom is 0.333 e. The predicted molar refractivity (Wildman–Crippen MR) is 93.7 cm³/mol. The van der Waals surface area contributed by atoms with Crippen LogP contribution in [0.4, 0.5) is 4.39 Å². The van der Waals surface area contributed by atoms with Crippen molar-refractivity contribution in [3.8, 4) is 0 Å².